The molecule has 1 rings (SSSR count). The van der Waals surface area contributed by atoms with Crippen molar-refractivity contribution in [3.8, 4) is 0 Å². The van der Waals surface area contributed by atoms with Crippen LogP contribution in [0.5, 0.6) is 0 Å². The molecule has 0 aliphatic rings. The second-order valence-electron chi connectivity index (χ2n) is 1.92. The first-order chi connectivity index (χ1) is 5.66. The monoisotopic (exact) mass is 235 g/mol. The SMILES string of the molecule is CC.Cn1c(N)nc(Br)c1CO. The van der Waals surface area contributed by atoms with Gasteiger partial charge in [0.1, 0.15) is 4.60 Å². The zero-order valence-corrected chi connectivity index (χ0v) is 9.09. The number of nitrogens with zero attached hydrogens (tertiary/aromatic N) is 2. The minimum Gasteiger partial charge on any atom is -0.390 e. The van der Waals surface area contributed by atoms with Gasteiger partial charge in [0.2, 0.25) is 5.95 Å². The molecule has 0 atom stereocenters. The summed E-state index contributed by atoms with van der Waals surface area (Å²) < 4.78 is 2.24. The summed E-state index contributed by atoms with van der Waals surface area (Å²) in [6.07, 6.45) is 0. The highest BCUT2D eigenvalue weighted by Gasteiger charge is 2.07. The predicted molar refractivity (Wildman–Crippen MR) is 52.6 cm³/mol. The van der Waals surface area contributed by atoms with Gasteiger partial charge in [-0.3, -0.25) is 0 Å². The molecule has 0 spiro atoms. The second-order valence-corrected chi connectivity index (χ2v) is 2.68. The molecule has 0 unspecified atom stereocenters. The highest BCUT2D eigenvalue weighted by Crippen LogP contribution is 2.17. The summed E-state index contributed by atoms with van der Waals surface area (Å²) in [5, 5.41) is 8.77. The third-order valence-electron chi connectivity index (χ3n) is 1.35. The fourth-order valence-corrected chi connectivity index (χ4v) is 1.26. The van der Waals surface area contributed by atoms with Crippen LogP contribution in [0.3, 0.4) is 0 Å². The molecular formula is C7H14BrN3O. The number of anilines is 1. The van der Waals surface area contributed by atoms with Crippen molar-refractivity contribution in [2.24, 2.45) is 7.05 Å². The molecule has 0 radical (unpaired) electrons. The van der Waals surface area contributed by atoms with Crippen molar-refractivity contribution in [3.05, 3.63) is 10.3 Å². The van der Waals surface area contributed by atoms with Gasteiger partial charge in [-0.25, -0.2) is 4.98 Å². The van der Waals surface area contributed by atoms with Crippen molar-refractivity contribution in [3.63, 3.8) is 0 Å². The number of hydrogen-bond acceptors (Lipinski definition) is 3. The minimum atomic E-state index is -0.0543. The number of aromatic nitrogens is 2. The van der Waals surface area contributed by atoms with Crippen molar-refractivity contribution in [1.82, 2.24) is 9.55 Å². The maximum absolute atomic E-state index is 8.77. The van der Waals surface area contributed by atoms with Gasteiger partial charge >= 0.3 is 0 Å². The molecule has 0 fully saturated rings. The molecule has 70 valence electrons. The van der Waals surface area contributed by atoms with Crippen LogP contribution in [0.1, 0.15) is 19.5 Å². The Hall–Kier alpha value is -0.550. The normalized spacial score (nSPS) is 9.08. The van der Waals surface area contributed by atoms with Gasteiger partial charge in [-0.2, -0.15) is 0 Å². The summed E-state index contributed by atoms with van der Waals surface area (Å²) in [7, 11) is 1.75. The Balaban J connectivity index is 0.000000561. The number of halogens is 1. The summed E-state index contributed by atoms with van der Waals surface area (Å²) in [4.78, 5) is 3.88. The molecule has 0 saturated heterocycles. The third kappa shape index (κ3) is 2.22. The lowest BCUT2D eigenvalue weighted by Gasteiger charge is -1.97. The molecule has 0 aliphatic heterocycles. The molecule has 0 saturated carbocycles. The second kappa shape index (κ2) is 5.16. The van der Waals surface area contributed by atoms with E-state index >= 15 is 0 Å². The standard InChI is InChI=1S/C5H8BrN3O.C2H6/c1-9-3(2-10)4(6)8-5(9)7;1-2/h10H,2H2,1H3,(H2,7,8);1-2H3. The maximum Gasteiger partial charge on any atom is 0.201 e. The van der Waals surface area contributed by atoms with Gasteiger partial charge in [-0.15, -0.1) is 0 Å². The number of aliphatic hydroxyl groups excluding tert-OH is 1. The summed E-state index contributed by atoms with van der Waals surface area (Å²) in [6, 6.07) is 0. The Labute approximate surface area is 80.5 Å². The predicted octanol–water partition coefficient (Wildman–Crippen LogP) is 1.28. The molecule has 1 heterocycles. The van der Waals surface area contributed by atoms with Crippen LogP contribution in [-0.2, 0) is 13.7 Å². The fourth-order valence-electron chi connectivity index (χ4n) is 0.688. The van der Waals surface area contributed by atoms with Crippen LogP contribution in [0.2, 0.25) is 0 Å². The molecule has 3 N–H and O–H groups in total. The Bertz CT molecular complexity index is 247. The van der Waals surface area contributed by atoms with E-state index in [9.17, 15) is 0 Å². The van der Waals surface area contributed by atoms with E-state index < -0.39 is 0 Å². The lowest BCUT2D eigenvalue weighted by Crippen LogP contribution is -2.00. The molecule has 12 heavy (non-hydrogen) atoms. The first kappa shape index (κ1) is 11.4. The zero-order valence-electron chi connectivity index (χ0n) is 7.50. The third-order valence-corrected chi connectivity index (χ3v) is 1.98. The number of rotatable bonds is 1. The van der Waals surface area contributed by atoms with Crippen LogP contribution >= 0.6 is 15.9 Å². The van der Waals surface area contributed by atoms with E-state index in [0.717, 1.165) is 0 Å². The van der Waals surface area contributed by atoms with Crippen LogP contribution in [0.15, 0.2) is 4.60 Å². The molecule has 0 aliphatic carbocycles. The van der Waals surface area contributed by atoms with E-state index in [0.29, 0.717) is 16.2 Å². The molecule has 0 aromatic carbocycles. The Kier molecular flexibility index (Phi) is 4.92. The maximum atomic E-state index is 8.77. The molecule has 4 nitrogen and oxygen atoms in total. The van der Waals surface area contributed by atoms with E-state index in [1.165, 1.54) is 0 Å². The fraction of sp³-hybridized carbons (Fsp3) is 0.571. The number of hydrogen-bond donors (Lipinski definition) is 2. The van der Waals surface area contributed by atoms with Crippen molar-refractivity contribution in [1.29, 1.82) is 0 Å². The average Bonchev–Trinajstić information content (AvgIpc) is 2.31. The number of aliphatic hydroxyl groups is 1. The Morgan fingerprint density at radius 2 is 2.08 bits per heavy atom. The molecule has 1 aromatic rings. The number of imidazole rings is 1. The number of nitrogens with two attached hydrogens (primary N) is 1. The minimum absolute atomic E-state index is 0.0543. The van der Waals surface area contributed by atoms with Gasteiger partial charge < -0.3 is 15.4 Å². The zero-order chi connectivity index (χ0) is 9.72. The van der Waals surface area contributed by atoms with E-state index in [4.69, 9.17) is 10.8 Å². The van der Waals surface area contributed by atoms with Gasteiger partial charge in [-0.1, -0.05) is 13.8 Å². The van der Waals surface area contributed by atoms with Gasteiger partial charge in [-0.05, 0) is 15.9 Å². The molecule has 5 heteroatoms. The van der Waals surface area contributed by atoms with Crippen LogP contribution in [0.25, 0.3) is 0 Å². The first-order valence-corrected chi connectivity index (χ1v) is 4.53. The topological polar surface area (TPSA) is 64.1 Å². The van der Waals surface area contributed by atoms with Gasteiger partial charge in [0.05, 0.1) is 12.3 Å². The number of nitrogen functional groups attached to an aromatic ring is 1. The average molecular weight is 236 g/mol. The van der Waals surface area contributed by atoms with Crippen LogP contribution in [0, 0.1) is 0 Å². The lowest BCUT2D eigenvalue weighted by atomic mass is 10.5. The van der Waals surface area contributed by atoms with E-state index in [2.05, 4.69) is 20.9 Å². The molecular weight excluding hydrogens is 222 g/mol. The van der Waals surface area contributed by atoms with Crippen LogP contribution < -0.4 is 5.73 Å². The van der Waals surface area contributed by atoms with E-state index in [1.807, 2.05) is 13.8 Å². The lowest BCUT2D eigenvalue weighted by molar-refractivity contribution is 0.272. The highest BCUT2D eigenvalue weighted by atomic mass is 79.9. The highest BCUT2D eigenvalue weighted by molar-refractivity contribution is 9.10. The molecule has 1 aromatic heterocycles. The Morgan fingerprint density at radius 1 is 1.58 bits per heavy atom. The van der Waals surface area contributed by atoms with Gasteiger partial charge in [0.15, 0.2) is 0 Å². The van der Waals surface area contributed by atoms with Gasteiger partial charge in [0.25, 0.3) is 0 Å². The van der Waals surface area contributed by atoms with Crippen LogP contribution in [0.4, 0.5) is 5.95 Å². The van der Waals surface area contributed by atoms with E-state index in [-0.39, 0.29) is 6.61 Å². The summed E-state index contributed by atoms with van der Waals surface area (Å²) in [6.45, 7) is 3.95. The van der Waals surface area contributed by atoms with Gasteiger partial charge in [0, 0.05) is 7.05 Å². The summed E-state index contributed by atoms with van der Waals surface area (Å²) in [5.74, 6) is 0.399. The smallest absolute Gasteiger partial charge is 0.201 e. The Morgan fingerprint density at radius 3 is 2.25 bits per heavy atom. The van der Waals surface area contributed by atoms with Crippen molar-refractivity contribution >= 4 is 21.9 Å². The van der Waals surface area contributed by atoms with Crippen LogP contribution in [-0.4, -0.2) is 14.7 Å². The summed E-state index contributed by atoms with van der Waals surface area (Å²) in [5.41, 5.74) is 6.12. The quantitative estimate of drug-likeness (QED) is 0.772. The summed E-state index contributed by atoms with van der Waals surface area (Å²) >= 11 is 3.16. The molecule has 0 amide bonds. The van der Waals surface area contributed by atoms with Crippen molar-refractivity contribution in [2.45, 2.75) is 20.5 Å². The van der Waals surface area contributed by atoms with E-state index in [1.54, 1.807) is 11.6 Å². The molecule has 0 bridgehead atoms. The first-order valence-electron chi connectivity index (χ1n) is 3.74. The van der Waals surface area contributed by atoms with Crippen molar-refractivity contribution in [2.75, 3.05) is 5.73 Å². The van der Waals surface area contributed by atoms with Crippen molar-refractivity contribution < 1.29 is 5.11 Å². The largest absolute Gasteiger partial charge is 0.390 e.